The molecule has 0 bridgehead atoms. The van der Waals surface area contributed by atoms with E-state index in [-0.39, 0.29) is 17.6 Å². The molecule has 1 fully saturated rings. The smallest absolute Gasteiger partial charge is 0.0996 e. The Bertz CT molecular complexity index is 761. The minimum absolute atomic E-state index is 0.0373. The largest absolute Gasteiger partial charge is 0.393 e. The van der Waals surface area contributed by atoms with E-state index in [1.165, 1.54) is 11.1 Å². The number of hydrogen-bond donors (Lipinski definition) is 2. The fraction of sp³-hybridized carbons (Fsp3) is 0.556. The lowest BCUT2D eigenvalue weighted by atomic mass is 9.61. The predicted molar refractivity (Wildman–Crippen MR) is 93.0 cm³/mol. The number of piperidine rings is 1. The topological polar surface area (TPSA) is 63.0 Å². The lowest BCUT2D eigenvalue weighted by Gasteiger charge is -2.48. The molecule has 6 heteroatoms. The fourth-order valence-electron chi connectivity index (χ4n) is 4.76. The minimum Gasteiger partial charge on any atom is -0.393 e. The van der Waals surface area contributed by atoms with Crippen molar-refractivity contribution in [1.82, 2.24) is 20.3 Å². The van der Waals surface area contributed by atoms with Gasteiger partial charge in [-0.15, -0.1) is 5.10 Å². The van der Waals surface area contributed by atoms with E-state index in [9.17, 15) is 5.11 Å². The van der Waals surface area contributed by atoms with E-state index in [2.05, 4.69) is 28.6 Å². The second-order valence-corrected chi connectivity index (χ2v) is 7.93. The number of aromatic nitrogens is 3. The normalized spacial score (nSPS) is 32.8. The van der Waals surface area contributed by atoms with Gasteiger partial charge in [0.15, 0.2) is 0 Å². The quantitative estimate of drug-likeness (QED) is 0.833. The molecule has 128 valence electrons. The van der Waals surface area contributed by atoms with Crippen molar-refractivity contribution < 1.29 is 5.11 Å². The molecule has 1 aromatic carbocycles. The van der Waals surface area contributed by atoms with Crippen LogP contribution in [0.25, 0.3) is 0 Å². The third-order valence-electron chi connectivity index (χ3n) is 5.48. The zero-order valence-electron chi connectivity index (χ0n) is 14.0. The first-order valence-corrected chi connectivity index (χ1v) is 8.92. The number of fused-ring (bicyclic) bond motifs is 2. The number of aliphatic hydroxyl groups is 1. The summed E-state index contributed by atoms with van der Waals surface area (Å²) < 4.78 is 1.74. The van der Waals surface area contributed by atoms with E-state index in [0.29, 0.717) is 12.5 Å². The number of aliphatic hydroxyl groups excluding tert-OH is 1. The van der Waals surface area contributed by atoms with Crippen LogP contribution in [-0.4, -0.2) is 32.2 Å². The van der Waals surface area contributed by atoms with Crippen molar-refractivity contribution in [2.75, 3.05) is 0 Å². The molecule has 4 atom stereocenters. The summed E-state index contributed by atoms with van der Waals surface area (Å²) in [5.41, 5.74) is 3.47. The zero-order valence-corrected chi connectivity index (χ0v) is 14.8. The van der Waals surface area contributed by atoms with Gasteiger partial charge in [0.25, 0.3) is 0 Å². The summed E-state index contributed by atoms with van der Waals surface area (Å²) >= 11 is 6.19. The first kappa shape index (κ1) is 16.1. The number of nitrogens with zero attached hydrogens (tertiary/aromatic N) is 3. The number of halogens is 1. The molecular weight excluding hydrogens is 324 g/mol. The first-order valence-electron chi connectivity index (χ1n) is 8.54. The molecule has 0 radical (unpaired) electrons. The number of benzene rings is 1. The van der Waals surface area contributed by atoms with Gasteiger partial charge < -0.3 is 10.4 Å². The van der Waals surface area contributed by atoms with E-state index >= 15 is 0 Å². The highest BCUT2D eigenvalue weighted by molar-refractivity contribution is 6.30. The molecular formula is C18H23ClN4O. The van der Waals surface area contributed by atoms with Crippen LogP contribution in [0, 0.1) is 0 Å². The Morgan fingerprint density at radius 3 is 2.92 bits per heavy atom. The van der Waals surface area contributed by atoms with E-state index in [0.717, 1.165) is 30.0 Å². The first-order chi connectivity index (χ1) is 11.4. The molecule has 5 nitrogen and oxygen atoms in total. The highest BCUT2D eigenvalue weighted by Gasteiger charge is 2.46. The van der Waals surface area contributed by atoms with Gasteiger partial charge in [0.1, 0.15) is 0 Å². The molecule has 1 saturated heterocycles. The molecule has 0 amide bonds. The van der Waals surface area contributed by atoms with Crippen molar-refractivity contribution in [1.29, 1.82) is 0 Å². The van der Waals surface area contributed by atoms with Crippen LogP contribution < -0.4 is 5.32 Å². The Labute approximate surface area is 147 Å². The van der Waals surface area contributed by atoms with Crippen molar-refractivity contribution in [3.05, 3.63) is 46.2 Å². The molecule has 1 spiro atoms. The van der Waals surface area contributed by atoms with Gasteiger partial charge in [-0.3, -0.25) is 4.68 Å². The van der Waals surface area contributed by atoms with Crippen molar-refractivity contribution in [3.63, 3.8) is 0 Å². The second-order valence-electron chi connectivity index (χ2n) is 7.49. The number of aryl methyl sites for hydroxylation is 1. The van der Waals surface area contributed by atoms with Gasteiger partial charge in [0, 0.05) is 29.7 Å². The summed E-state index contributed by atoms with van der Waals surface area (Å²) in [4.78, 5) is 0. The number of hydrogen-bond acceptors (Lipinski definition) is 4. The van der Waals surface area contributed by atoms with Crippen LogP contribution >= 0.6 is 11.6 Å². The highest BCUT2D eigenvalue weighted by atomic mass is 35.5. The van der Waals surface area contributed by atoms with Gasteiger partial charge in [0.2, 0.25) is 0 Å². The maximum absolute atomic E-state index is 10.5. The average Bonchev–Trinajstić information content (AvgIpc) is 2.92. The van der Waals surface area contributed by atoms with Crippen LogP contribution in [-0.2, 0) is 18.9 Å². The Morgan fingerprint density at radius 2 is 2.17 bits per heavy atom. The highest BCUT2D eigenvalue weighted by Crippen LogP contribution is 2.49. The molecule has 2 aliphatic rings. The van der Waals surface area contributed by atoms with E-state index in [1.807, 2.05) is 25.4 Å². The summed E-state index contributed by atoms with van der Waals surface area (Å²) in [7, 11) is 1.89. The van der Waals surface area contributed by atoms with Gasteiger partial charge >= 0.3 is 0 Å². The van der Waals surface area contributed by atoms with Gasteiger partial charge in [0.05, 0.1) is 17.8 Å². The SMILES string of the molecule is C[C@H]1CC2(CC(O)Cc3cc(Cl)ccc32)C[C@@H](c2cn(C)nn2)N1. The van der Waals surface area contributed by atoms with Gasteiger partial charge in [-0.05, 0) is 55.9 Å². The second kappa shape index (κ2) is 5.83. The summed E-state index contributed by atoms with van der Waals surface area (Å²) in [5.74, 6) is 0. The summed E-state index contributed by atoms with van der Waals surface area (Å²) in [6.45, 7) is 2.21. The Morgan fingerprint density at radius 1 is 1.33 bits per heavy atom. The molecule has 1 aliphatic heterocycles. The van der Waals surface area contributed by atoms with E-state index < -0.39 is 0 Å². The molecule has 2 aromatic rings. The van der Waals surface area contributed by atoms with Crippen LogP contribution in [0.15, 0.2) is 24.4 Å². The monoisotopic (exact) mass is 346 g/mol. The van der Waals surface area contributed by atoms with Gasteiger partial charge in [-0.25, -0.2) is 0 Å². The summed E-state index contributed by atoms with van der Waals surface area (Å²) in [6.07, 6.45) is 5.08. The van der Waals surface area contributed by atoms with Crippen LogP contribution in [0.5, 0.6) is 0 Å². The Balaban J connectivity index is 1.76. The van der Waals surface area contributed by atoms with E-state index in [1.54, 1.807) is 4.68 Å². The van der Waals surface area contributed by atoms with E-state index in [4.69, 9.17) is 11.6 Å². The third-order valence-corrected chi connectivity index (χ3v) is 5.71. The van der Waals surface area contributed by atoms with Crippen LogP contribution in [0.1, 0.15) is 49.0 Å². The lowest BCUT2D eigenvalue weighted by molar-refractivity contribution is 0.0827. The Kier molecular flexibility index (Phi) is 3.90. The molecule has 2 N–H and O–H groups in total. The molecule has 2 heterocycles. The standard InChI is InChI=1S/C18H23ClN4O/c1-11-7-18(9-16(20-11)17-10-23(2)22-21-17)8-14(24)6-12-5-13(19)3-4-15(12)18/h3-5,10-11,14,16,20,24H,6-9H2,1-2H3/t11-,14?,16-,18?/m0/s1. The number of rotatable bonds is 1. The minimum atomic E-state index is -0.316. The van der Waals surface area contributed by atoms with Crippen LogP contribution in [0.2, 0.25) is 5.02 Å². The third kappa shape index (κ3) is 2.75. The number of nitrogens with one attached hydrogen (secondary N) is 1. The van der Waals surface area contributed by atoms with Gasteiger partial charge in [-0.2, -0.15) is 0 Å². The lowest BCUT2D eigenvalue weighted by Crippen LogP contribution is -2.50. The fourth-order valence-corrected chi connectivity index (χ4v) is 4.95. The van der Waals surface area contributed by atoms with Crippen molar-refractivity contribution >= 4 is 11.6 Å². The molecule has 1 aliphatic carbocycles. The van der Waals surface area contributed by atoms with Crippen molar-refractivity contribution in [3.8, 4) is 0 Å². The summed E-state index contributed by atoms with van der Waals surface area (Å²) in [6, 6.07) is 6.65. The summed E-state index contributed by atoms with van der Waals surface area (Å²) in [5, 5.41) is 23.3. The van der Waals surface area contributed by atoms with Crippen LogP contribution in [0.3, 0.4) is 0 Å². The van der Waals surface area contributed by atoms with Gasteiger partial charge in [-0.1, -0.05) is 22.9 Å². The molecule has 1 aromatic heterocycles. The average molecular weight is 347 g/mol. The molecule has 2 unspecified atom stereocenters. The maximum Gasteiger partial charge on any atom is 0.0996 e. The molecule has 4 rings (SSSR count). The zero-order chi connectivity index (χ0) is 16.9. The molecule has 0 saturated carbocycles. The maximum atomic E-state index is 10.5. The predicted octanol–water partition coefficient (Wildman–Crippen LogP) is 2.53. The Hall–Kier alpha value is -1.43. The van der Waals surface area contributed by atoms with Crippen molar-refractivity contribution in [2.45, 2.75) is 56.2 Å². The van der Waals surface area contributed by atoms with Crippen molar-refractivity contribution in [2.24, 2.45) is 7.05 Å². The van der Waals surface area contributed by atoms with Crippen LogP contribution in [0.4, 0.5) is 0 Å². The molecule has 24 heavy (non-hydrogen) atoms.